The standard InChI is InChI=1S/C14H21N3O2S/c1-3-19-13(18)10-4-5-11-12(10)16-14(20-11)15-9-6-7-17(2)8-9/h9-10H,3-8H2,1-2H3,(H,15,16). The first-order valence-corrected chi connectivity index (χ1v) is 8.10. The highest BCUT2D eigenvalue weighted by molar-refractivity contribution is 7.15. The molecule has 110 valence electrons. The minimum absolute atomic E-state index is 0.122. The fourth-order valence-electron chi connectivity index (χ4n) is 2.99. The molecule has 0 spiro atoms. The molecule has 0 radical (unpaired) electrons. The zero-order valence-corrected chi connectivity index (χ0v) is 12.8. The number of fused-ring (bicyclic) bond motifs is 1. The van der Waals surface area contributed by atoms with Crippen LogP contribution in [0.15, 0.2) is 0 Å². The van der Waals surface area contributed by atoms with Gasteiger partial charge in [0.05, 0.1) is 12.3 Å². The predicted octanol–water partition coefficient (Wildman–Crippen LogP) is 1.85. The molecule has 5 nitrogen and oxygen atoms in total. The highest BCUT2D eigenvalue weighted by atomic mass is 32.1. The molecule has 1 aliphatic heterocycles. The van der Waals surface area contributed by atoms with Crippen LogP contribution in [0.3, 0.4) is 0 Å². The molecule has 20 heavy (non-hydrogen) atoms. The van der Waals surface area contributed by atoms with Crippen LogP contribution in [-0.2, 0) is 16.0 Å². The van der Waals surface area contributed by atoms with E-state index >= 15 is 0 Å². The molecular weight excluding hydrogens is 274 g/mol. The molecule has 0 amide bonds. The summed E-state index contributed by atoms with van der Waals surface area (Å²) in [5.74, 6) is -0.272. The van der Waals surface area contributed by atoms with E-state index in [1.54, 1.807) is 11.3 Å². The van der Waals surface area contributed by atoms with Gasteiger partial charge in [-0.3, -0.25) is 4.79 Å². The van der Waals surface area contributed by atoms with E-state index in [2.05, 4.69) is 22.2 Å². The lowest BCUT2D eigenvalue weighted by Gasteiger charge is -2.12. The van der Waals surface area contributed by atoms with Crippen molar-refractivity contribution in [3.8, 4) is 0 Å². The fraction of sp³-hybridized carbons (Fsp3) is 0.714. The Morgan fingerprint density at radius 2 is 2.40 bits per heavy atom. The van der Waals surface area contributed by atoms with Crippen LogP contribution in [0.2, 0.25) is 0 Å². The molecule has 2 aliphatic rings. The number of aryl methyl sites for hydroxylation is 1. The van der Waals surface area contributed by atoms with E-state index in [0.29, 0.717) is 12.6 Å². The van der Waals surface area contributed by atoms with Gasteiger partial charge < -0.3 is 15.0 Å². The van der Waals surface area contributed by atoms with Gasteiger partial charge in [0.15, 0.2) is 5.13 Å². The average molecular weight is 295 g/mol. The summed E-state index contributed by atoms with van der Waals surface area (Å²) < 4.78 is 5.14. The van der Waals surface area contributed by atoms with Crippen molar-refractivity contribution in [2.24, 2.45) is 0 Å². The molecule has 1 fully saturated rings. The third-order valence-corrected chi connectivity index (χ3v) is 5.07. The number of ether oxygens (including phenoxy) is 1. The van der Waals surface area contributed by atoms with Gasteiger partial charge >= 0.3 is 5.97 Å². The second kappa shape index (κ2) is 5.69. The van der Waals surface area contributed by atoms with Crippen LogP contribution in [0.4, 0.5) is 5.13 Å². The number of thiazole rings is 1. The maximum Gasteiger partial charge on any atom is 0.315 e. The van der Waals surface area contributed by atoms with Crippen molar-refractivity contribution in [3.05, 3.63) is 10.6 Å². The predicted molar refractivity (Wildman–Crippen MR) is 79.3 cm³/mol. The summed E-state index contributed by atoms with van der Waals surface area (Å²) in [4.78, 5) is 20.1. The number of hydrogen-bond acceptors (Lipinski definition) is 6. The molecular formula is C14H21N3O2S. The van der Waals surface area contributed by atoms with Crippen molar-refractivity contribution in [2.45, 2.75) is 38.1 Å². The lowest BCUT2D eigenvalue weighted by atomic mass is 10.1. The van der Waals surface area contributed by atoms with Crippen molar-refractivity contribution in [3.63, 3.8) is 0 Å². The van der Waals surface area contributed by atoms with Crippen molar-refractivity contribution in [1.82, 2.24) is 9.88 Å². The number of carbonyl (C=O) groups is 1. The summed E-state index contributed by atoms with van der Waals surface area (Å²) in [5, 5.41) is 4.47. The summed E-state index contributed by atoms with van der Waals surface area (Å²) >= 11 is 1.70. The lowest BCUT2D eigenvalue weighted by molar-refractivity contribution is -0.145. The van der Waals surface area contributed by atoms with Crippen molar-refractivity contribution in [1.29, 1.82) is 0 Å². The van der Waals surface area contributed by atoms with Crippen LogP contribution in [0.1, 0.15) is 36.3 Å². The SMILES string of the molecule is CCOC(=O)C1CCc2sc(NC3CCN(C)C3)nc21. The summed E-state index contributed by atoms with van der Waals surface area (Å²) in [5.41, 5.74) is 0.947. The number of nitrogens with zero attached hydrogens (tertiary/aromatic N) is 2. The van der Waals surface area contributed by atoms with Crippen molar-refractivity contribution < 1.29 is 9.53 Å². The number of anilines is 1. The second-order valence-corrected chi connectivity index (χ2v) is 6.65. The Labute approximate surface area is 123 Å². The molecule has 1 N–H and O–H groups in total. The Morgan fingerprint density at radius 3 is 3.10 bits per heavy atom. The molecule has 1 aromatic heterocycles. The summed E-state index contributed by atoms with van der Waals surface area (Å²) in [7, 11) is 2.14. The molecule has 3 rings (SSSR count). The smallest absolute Gasteiger partial charge is 0.315 e. The van der Waals surface area contributed by atoms with Crippen LogP contribution >= 0.6 is 11.3 Å². The quantitative estimate of drug-likeness (QED) is 0.859. The first kappa shape index (κ1) is 13.8. The Hall–Kier alpha value is -1.14. The van der Waals surface area contributed by atoms with E-state index in [9.17, 15) is 4.79 Å². The third-order valence-electron chi connectivity index (χ3n) is 4.01. The minimum Gasteiger partial charge on any atom is -0.465 e. The van der Waals surface area contributed by atoms with Gasteiger partial charge in [0, 0.05) is 17.5 Å². The maximum absolute atomic E-state index is 11.9. The largest absolute Gasteiger partial charge is 0.465 e. The summed E-state index contributed by atoms with van der Waals surface area (Å²) in [6.45, 7) is 4.48. The summed E-state index contributed by atoms with van der Waals surface area (Å²) in [6.07, 6.45) is 2.95. The molecule has 6 heteroatoms. The number of rotatable bonds is 4. The third kappa shape index (κ3) is 2.67. The zero-order valence-electron chi connectivity index (χ0n) is 12.0. The number of hydrogen-bond donors (Lipinski definition) is 1. The van der Waals surface area contributed by atoms with Gasteiger partial charge in [-0.25, -0.2) is 4.98 Å². The molecule has 1 aliphatic carbocycles. The zero-order chi connectivity index (χ0) is 14.1. The van der Waals surface area contributed by atoms with Gasteiger partial charge in [0.1, 0.15) is 5.92 Å². The van der Waals surface area contributed by atoms with Gasteiger partial charge in [-0.15, -0.1) is 11.3 Å². The normalized spacial score (nSPS) is 25.7. The van der Waals surface area contributed by atoms with Crippen LogP contribution < -0.4 is 5.32 Å². The van der Waals surface area contributed by atoms with E-state index in [4.69, 9.17) is 4.74 Å². The van der Waals surface area contributed by atoms with Gasteiger partial charge in [-0.1, -0.05) is 0 Å². The van der Waals surface area contributed by atoms with Gasteiger partial charge in [-0.2, -0.15) is 0 Å². The number of nitrogens with one attached hydrogen (secondary N) is 1. The molecule has 1 saturated heterocycles. The number of esters is 1. The van der Waals surface area contributed by atoms with E-state index in [1.807, 2.05) is 6.92 Å². The first-order valence-electron chi connectivity index (χ1n) is 7.28. The van der Waals surface area contributed by atoms with Gasteiger partial charge in [-0.05, 0) is 39.8 Å². The number of likely N-dealkylation sites (tertiary alicyclic amines) is 1. The average Bonchev–Trinajstić information content (AvgIpc) is 3.05. The minimum atomic E-state index is -0.150. The Bertz CT molecular complexity index is 503. The number of likely N-dealkylation sites (N-methyl/N-ethyl adjacent to an activating group) is 1. The second-order valence-electron chi connectivity index (χ2n) is 5.56. The van der Waals surface area contributed by atoms with Crippen molar-refractivity contribution >= 4 is 22.4 Å². The molecule has 2 unspecified atom stereocenters. The molecule has 0 saturated carbocycles. The first-order chi connectivity index (χ1) is 9.67. The lowest BCUT2D eigenvalue weighted by Crippen LogP contribution is -2.23. The van der Waals surface area contributed by atoms with E-state index < -0.39 is 0 Å². The maximum atomic E-state index is 11.9. The van der Waals surface area contributed by atoms with Crippen LogP contribution in [0.5, 0.6) is 0 Å². The van der Waals surface area contributed by atoms with Crippen LogP contribution in [0.25, 0.3) is 0 Å². The highest BCUT2D eigenvalue weighted by Crippen LogP contribution is 2.39. The topological polar surface area (TPSA) is 54.5 Å². The highest BCUT2D eigenvalue weighted by Gasteiger charge is 2.34. The van der Waals surface area contributed by atoms with Gasteiger partial charge in [0.2, 0.25) is 0 Å². The molecule has 2 atom stereocenters. The molecule has 0 aromatic carbocycles. The number of carbonyl (C=O) groups excluding carboxylic acids is 1. The molecule has 0 bridgehead atoms. The number of aromatic nitrogens is 1. The van der Waals surface area contributed by atoms with Crippen LogP contribution in [0, 0.1) is 0 Å². The fourth-order valence-corrected chi connectivity index (χ4v) is 4.10. The van der Waals surface area contributed by atoms with Gasteiger partial charge in [0.25, 0.3) is 0 Å². The summed E-state index contributed by atoms with van der Waals surface area (Å²) in [6, 6.07) is 0.479. The van der Waals surface area contributed by atoms with E-state index in [-0.39, 0.29) is 11.9 Å². The Kier molecular flexibility index (Phi) is 3.94. The Morgan fingerprint density at radius 1 is 1.55 bits per heavy atom. The molecule has 2 heterocycles. The van der Waals surface area contributed by atoms with Crippen LogP contribution in [-0.4, -0.2) is 48.6 Å². The monoisotopic (exact) mass is 295 g/mol. The Balaban J connectivity index is 1.68. The van der Waals surface area contributed by atoms with E-state index in [0.717, 1.165) is 43.2 Å². The van der Waals surface area contributed by atoms with E-state index in [1.165, 1.54) is 4.88 Å². The molecule has 1 aromatic rings. The van der Waals surface area contributed by atoms with Crippen molar-refractivity contribution in [2.75, 3.05) is 32.1 Å².